The van der Waals surface area contributed by atoms with Crippen LogP contribution in [0.1, 0.15) is 50.2 Å². The van der Waals surface area contributed by atoms with Gasteiger partial charge in [0.15, 0.2) is 11.0 Å². The van der Waals surface area contributed by atoms with E-state index in [1.54, 1.807) is 12.4 Å². The molecule has 2 heterocycles. The van der Waals surface area contributed by atoms with E-state index >= 15 is 0 Å². The molecule has 30 heavy (non-hydrogen) atoms. The minimum absolute atomic E-state index is 0.391. The van der Waals surface area contributed by atoms with Crippen LogP contribution in [0.5, 0.6) is 0 Å². The van der Waals surface area contributed by atoms with Gasteiger partial charge in [-0.3, -0.25) is 4.98 Å². The van der Waals surface area contributed by atoms with Gasteiger partial charge in [-0.25, -0.2) is 8.78 Å². The molecule has 156 valence electrons. The summed E-state index contributed by atoms with van der Waals surface area (Å²) in [5.74, 6) is 6.27. The predicted octanol–water partition coefficient (Wildman–Crippen LogP) is 5.77. The molecule has 3 rings (SSSR count). The van der Waals surface area contributed by atoms with Crippen molar-refractivity contribution in [2.45, 2.75) is 49.9 Å². The number of hydrogen-bond donors (Lipinski definition) is 0. The Morgan fingerprint density at radius 2 is 1.80 bits per heavy atom. The fraction of sp³-hybridized carbons (Fsp3) is 0.348. The van der Waals surface area contributed by atoms with E-state index in [4.69, 9.17) is 0 Å². The number of pyridine rings is 1. The van der Waals surface area contributed by atoms with Gasteiger partial charge >= 0.3 is 0 Å². The number of benzene rings is 1. The molecule has 0 saturated carbocycles. The minimum atomic E-state index is -0.585. The van der Waals surface area contributed by atoms with Gasteiger partial charge < -0.3 is 4.57 Å². The normalized spacial score (nSPS) is 10.7. The lowest BCUT2D eigenvalue weighted by Crippen LogP contribution is -1.96. The number of unbranched alkanes of at least 4 members (excludes halogenated alkanes) is 4. The quantitative estimate of drug-likeness (QED) is 0.261. The number of thioether (sulfide) groups is 1. The lowest BCUT2D eigenvalue weighted by Gasteiger charge is -2.05. The standard InChI is InChI=1S/C23H24F2N4S/c1-3-4-5-6-7-8-9-17-10-19(15-26-14-17)22-27-28-23(29(22)2)30-16-18-11-20(24)13-21(25)12-18/h10-15H,3-7,16H2,1-2H3. The summed E-state index contributed by atoms with van der Waals surface area (Å²) < 4.78 is 28.6. The molecule has 0 N–H and O–H groups in total. The van der Waals surface area contributed by atoms with Crippen molar-refractivity contribution in [3.8, 4) is 23.2 Å². The third-order valence-corrected chi connectivity index (χ3v) is 5.60. The van der Waals surface area contributed by atoms with E-state index in [0.29, 0.717) is 22.3 Å². The van der Waals surface area contributed by atoms with Gasteiger partial charge in [0, 0.05) is 48.8 Å². The van der Waals surface area contributed by atoms with Crippen LogP contribution in [0.25, 0.3) is 11.4 Å². The Balaban J connectivity index is 1.67. The summed E-state index contributed by atoms with van der Waals surface area (Å²) in [6.45, 7) is 2.19. The Labute approximate surface area is 180 Å². The van der Waals surface area contributed by atoms with Crippen molar-refractivity contribution in [2.24, 2.45) is 7.05 Å². The fourth-order valence-electron chi connectivity index (χ4n) is 2.97. The van der Waals surface area contributed by atoms with Gasteiger partial charge in [0.1, 0.15) is 11.6 Å². The lowest BCUT2D eigenvalue weighted by molar-refractivity contribution is 0.581. The Morgan fingerprint density at radius 1 is 1.00 bits per heavy atom. The number of nitrogens with zero attached hydrogens (tertiary/aromatic N) is 4. The SMILES string of the molecule is CCCCCCC#Cc1cncc(-c2nnc(SCc3cc(F)cc(F)c3)n2C)c1. The van der Waals surface area contributed by atoms with Crippen LogP contribution in [0.4, 0.5) is 8.78 Å². The largest absolute Gasteiger partial charge is 0.305 e. The molecule has 0 aliphatic heterocycles. The second kappa shape index (κ2) is 10.9. The first kappa shape index (κ1) is 22.0. The summed E-state index contributed by atoms with van der Waals surface area (Å²) in [5.41, 5.74) is 2.22. The average Bonchev–Trinajstić information content (AvgIpc) is 3.09. The highest BCUT2D eigenvalue weighted by atomic mass is 32.2. The van der Waals surface area contributed by atoms with Crippen molar-refractivity contribution in [1.82, 2.24) is 19.7 Å². The number of halogens is 2. The zero-order chi connectivity index (χ0) is 21.3. The van der Waals surface area contributed by atoms with Crippen LogP contribution in [0.15, 0.2) is 41.8 Å². The molecule has 0 aliphatic rings. The Bertz CT molecular complexity index is 1030. The van der Waals surface area contributed by atoms with E-state index in [1.165, 1.54) is 43.2 Å². The van der Waals surface area contributed by atoms with E-state index < -0.39 is 11.6 Å². The van der Waals surface area contributed by atoms with Gasteiger partial charge in [0.05, 0.1) is 0 Å². The monoisotopic (exact) mass is 426 g/mol. The summed E-state index contributed by atoms with van der Waals surface area (Å²) in [5, 5.41) is 9.13. The Morgan fingerprint density at radius 3 is 2.57 bits per heavy atom. The molecule has 0 aliphatic carbocycles. The number of rotatable bonds is 8. The zero-order valence-corrected chi connectivity index (χ0v) is 18.0. The molecule has 7 heteroatoms. The molecule has 0 saturated heterocycles. The van der Waals surface area contributed by atoms with Crippen molar-refractivity contribution >= 4 is 11.8 Å². The van der Waals surface area contributed by atoms with Gasteiger partial charge in [-0.2, -0.15) is 0 Å². The molecule has 1 aromatic carbocycles. The molecule has 0 amide bonds. The molecular formula is C23H24F2N4S. The summed E-state index contributed by atoms with van der Waals surface area (Å²) >= 11 is 1.37. The van der Waals surface area contributed by atoms with Crippen LogP contribution in [0.2, 0.25) is 0 Å². The van der Waals surface area contributed by atoms with Crippen LogP contribution in [0, 0.1) is 23.5 Å². The lowest BCUT2D eigenvalue weighted by atomic mass is 10.1. The van der Waals surface area contributed by atoms with Gasteiger partial charge in [-0.15, -0.1) is 10.2 Å². The van der Waals surface area contributed by atoms with E-state index in [9.17, 15) is 8.78 Å². The highest BCUT2D eigenvalue weighted by molar-refractivity contribution is 7.98. The van der Waals surface area contributed by atoms with Gasteiger partial charge in [0.2, 0.25) is 0 Å². The zero-order valence-electron chi connectivity index (χ0n) is 17.2. The van der Waals surface area contributed by atoms with Crippen LogP contribution >= 0.6 is 11.8 Å². The maximum atomic E-state index is 13.4. The molecular weight excluding hydrogens is 402 g/mol. The maximum absolute atomic E-state index is 13.4. The topological polar surface area (TPSA) is 43.6 Å². The first-order chi connectivity index (χ1) is 14.6. The molecule has 4 nitrogen and oxygen atoms in total. The van der Waals surface area contributed by atoms with Crippen LogP contribution in [-0.2, 0) is 12.8 Å². The number of aromatic nitrogens is 4. The van der Waals surface area contributed by atoms with Crippen molar-refractivity contribution in [2.75, 3.05) is 0 Å². The molecule has 0 bridgehead atoms. The minimum Gasteiger partial charge on any atom is -0.305 e. The van der Waals surface area contributed by atoms with Crippen molar-refractivity contribution < 1.29 is 8.78 Å². The highest BCUT2D eigenvalue weighted by Gasteiger charge is 2.12. The second-order valence-corrected chi connectivity index (χ2v) is 7.95. The van der Waals surface area contributed by atoms with Crippen LogP contribution in [0.3, 0.4) is 0 Å². The van der Waals surface area contributed by atoms with E-state index in [-0.39, 0.29) is 0 Å². The molecule has 0 spiro atoms. The average molecular weight is 427 g/mol. The predicted molar refractivity (Wildman–Crippen MR) is 116 cm³/mol. The molecule has 0 unspecified atom stereocenters. The van der Waals surface area contributed by atoms with Crippen LogP contribution in [-0.4, -0.2) is 19.7 Å². The Kier molecular flexibility index (Phi) is 7.97. The molecule has 0 atom stereocenters. The van der Waals surface area contributed by atoms with Crippen molar-refractivity contribution in [1.29, 1.82) is 0 Å². The van der Waals surface area contributed by atoms with Gasteiger partial charge in [-0.05, 0) is 30.2 Å². The number of hydrogen-bond acceptors (Lipinski definition) is 4. The van der Waals surface area contributed by atoms with Crippen molar-refractivity contribution in [3.05, 3.63) is 59.4 Å². The van der Waals surface area contributed by atoms with Gasteiger partial charge in [0.25, 0.3) is 0 Å². The van der Waals surface area contributed by atoms with Crippen LogP contribution < -0.4 is 0 Å². The molecule has 0 fully saturated rings. The van der Waals surface area contributed by atoms with Crippen molar-refractivity contribution in [3.63, 3.8) is 0 Å². The third kappa shape index (κ3) is 6.14. The molecule has 2 aromatic heterocycles. The Hall–Kier alpha value is -2.72. The van der Waals surface area contributed by atoms with Gasteiger partial charge in [-0.1, -0.05) is 49.8 Å². The second-order valence-electron chi connectivity index (χ2n) is 7.01. The van der Waals surface area contributed by atoms with E-state index in [2.05, 4.69) is 33.9 Å². The first-order valence-electron chi connectivity index (χ1n) is 9.98. The fourth-order valence-corrected chi connectivity index (χ4v) is 3.81. The summed E-state index contributed by atoms with van der Waals surface area (Å²) in [4.78, 5) is 4.28. The highest BCUT2D eigenvalue weighted by Crippen LogP contribution is 2.25. The maximum Gasteiger partial charge on any atom is 0.191 e. The first-order valence-corrected chi connectivity index (χ1v) is 11.0. The van der Waals surface area contributed by atoms with E-state index in [0.717, 1.165) is 30.0 Å². The summed E-state index contributed by atoms with van der Waals surface area (Å²) in [7, 11) is 1.86. The smallest absolute Gasteiger partial charge is 0.191 e. The third-order valence-electron chi connectivity index (χ3n) is 4.51. The molecule has 0 radical (unpaired) electrons. The summed E-state index contributed by atoms with van der Waals surface area (Å²) in [6.07, 6.45) is 9.16. The van der Waals surface area contributed by atoms with E-state index in [1.807, 2.05) is 17.7 Å². The molecule has 3 aromatic rings. The summed E-state index contributed by atoms with van der Waals surface area (Å²) in [6, 6.07) is 5.46.